The molecule has 0 radical (unpaired) electrons. The molecule has 0 aliphatic carbocycles. The van der Waals surface area contributed by atoms with E-state index in [4.69, 9.17) is 10.6 Å². The van der Waals surface area contributed by atoms with Gasteiger partial charge >= 0.3 is 6.01 Å². The molecule has 1 aromatic heterocycles. The maximum absolute atomic E-state index is 5.45. The fraction of sp³-hybridized carbons (Fsp3) is 0.250. The van der Waals surface area contributed by atoms with Crippen LogP contribution in [0.15, 0.2) is 46.8 Å². The van der Waals surface area contributed by atoms with Crippen LogP contribution in [0.3, 0.4) is 0 Å². The third-order valence-electron chi connectivity index (χ3n) is 3.07. The first-order chi connectivity index (χ1) is 10.7. The van der Waals surface area contributed by atoms with Gasteiger partial charge in [0.05, 0.1) is 11.9 Å². The largest absolute Gasteiger partial charge is 0.457 e. The molecular weight excluding hydrogens is 278 g/mol. The van der Waals surface area contributed by atoms with Crippen molar-refractivity contribution in [3.8, 4) is 6.01 Å². The van der Waals surface area contributed by atoms with Crippen molar-refractivity contribution in [3.63, 3.8) is 0 Å². The Kier molecular flexibility index (Phi) is 5.59. The Labute approximate surface area is 129 Å². The topological polar surface area (TPSA) is 85.8 Å². The van der Waals surface area contributed by atoms with Crippen molar-refractivity contribution in [3.05, 3.63) is 47.8 Å². The lowest BCUT2D eigenvalue weighted by Gasteiger charge is -2.04. The van der Waals surface area contributed by atoms with Gasteiger partial charge in [0.15, 0.2) is 0 Å². The molecule has 0 atom stereocenters. The smallest absolute Gasteiger partial charge is 0.316 e. The van der Waals surface area contributed by atoms with Gasteiger partial charge in [-0.1, -0.05) is 25.1 Å². The van der Waals surface area contributed by atoms with Crippen molar-refractivity contribution in [2.75, 3.05) is 6.61 Å². The standard InChI is InChI=1S/C16H19N5O/c1-3-13-8-19-16(20-9-13)22-11-14(21-17)10-18-15-7-5-4-6-12(15)2/h4-10H,3,11,17H2,1-2H3. The number of hydrogen-bond donors (Lipinski definition) is 1. The first kappa shape index (κ1) is 15.6. The molecule has 6 nitrogen and oxygen atoms in total. The number of para-hydroxylation sites is 1. The second-order valence-corrected chi connectivity index (χ2v) is 4.68. The van der Waals surface area contributed by atoms with Crippen LogP contribution in [0.25, 0.3) is 0 Å². The lowest BCUT2D eigenvalue weighted by atomic mass is 10.2. The number of rotatable bonds is 6. The van der Waals surface area contributed by atoms with E-state index >= 15 is 0 Å². The summed E-state index contributed by atoms with van der Waals surface area (Å²) in [7, 11) is 0. The molecule has 6 heteroatoms. The second-order valence-electron chi connectivity index (χ2n) is 4.68. The number of nitrogens with zero attached hydrogens (tertiary/aromatic N) is 4. The molecule has 0 amide bonds. The minimum absolute atomic E-state index is 0.164. The van der Waals surface area contributed by atoms with Crippen LogP contribution in [-0.4, -0.2) is 28.5 Å². The Morgan fingerprint density at radius 1 is 1.27 bits per heavy atom. The third-order valence-corrected chi connectivity index (χ3v) is 3.07. The molecule has 2 rings (SSSR count). The molecule has 2 N–H and O–H groups in total. The summed E-state index contributed by atoms with van der Waals surface area (Å²) in [6.07, 6.45) is 5.95. The molecule has 1 heterocycles. The number of ether oxygens (including phenoxy) is 1. The Balaban J connectivity index is 1.96. The van der Waals surface area contributed by atoms with Crippen LogP contribution >= 0.6 is 0 Å². The van der Waals surface area contributed by atoms with Gasteiger partial charge in [-0.05, 0) is 30.5 Å². The van der Waals surface area contributed by atoms with Gasteiger partial charge in [-0.25, -0.2) is 9.97 Å². The average molecular weight is 297 g/mol. The zero-order valence-corrected chi connectivity index (χ0v) is 12.7. The lowest BCUT2D eigenvalue weighted by molar-refractivity contribution is 0.346. The van der Waals surface area contributed by atoms with Crippen LogP contribution in [0.1, 0.15) is 18.1 Å². The molecule has 0 saturated heterocycles. The van der Waals surface area contributed by atoms with Crippen molar-refractivity contribution in [2.24, 2.45) is 15.9 Å². The number of hydrogen-bond acceptors (Lipinski definition) is 6. The van der Waals surface area contributed by atoms with Crippen LogP contribution < -0.4 is 10.6 Å². The van der Waals surface area contributed by atoms with Crippen molar-refractivity contribution in [1.82, 2.24) is 9.97 Å². The van der Waals surface area contributed by atoms with Crippen LogP contribution in [0.2, 0.25) is 0 Å². The van der Waals surface area contributed by atoms with Gasteiger partial charge in [0.2, 0.25) is 0 Å². The third kappa shape index (κ3) is 4.37. The summed E-state index contributed by atoms with van der Waals surface area (Å²) in [5.41, 5.74) is 3.51. The van der Waals surface area contributed by atoms with Crippen molar-refractivity contribution in [2.45, 2.75) is 20.3 Å². The molecule has 0 unspecified atom stereocenters. The van der Waals surface area contributed by atoms with E-state index < -0.39 is 0 Å². The SMILES string of the molecule is CCc1cnc(OCC(C=Nc2ccccc2C)=NN)nc1. The Morgan fingerprint density at radius 2 is 2.00 bits per heavy atom. The Hall–Kier alpha value is -2.76. The second kappa shape index (κ2) is 7.87. The van der Waals surface area contributed by atoms with E-state index in [1.165, 1.54) is 0 Å². The summed E-state index contributed by atoms with van der Waals surface area (Å²) in [6, 6.07) is 8.10. The summed E-state index contributed by atoms with van der Waals surface area (Å²) >= 11 is 0. The maximum Gasteiger partial charge on any atom is 0.316 e. The van der Waals surface area contributed by atoms with Crippen molar-refractivity contribution in [1.29, 1.82) is 0 Å². The molecule has 2 aromatic rings. The monoisotopic (exact) mass is 297 g/mol. The Bertz CT molecular complexity index is 664. The van der Waals surface area contributed by atoms with Gasteiger partial charge in [0.1, 0.15) is 12.3 Å². The van der Waals surface area contributed by atoms with Gasteiger partial charge in [-0.15, -0.1) is 0 Å². The van der Waals surface area contributed by atoms with Crippen molar-refractivity contribution >= 4 is 17.6 Å². The van der Waals surface area contributed by atoms with Crippen molar-refractivity contribution < 1.29 is 4.74 Å². The average Bonchev–Trinajstić information content (AvgIpc) is 2.57. The van der Waals surface area contributed by atoms with E-state index in [9.17, 15) is 0 Å². The molecule has 0 fully saturated rings. The summed E-state index contributed by atoms with van der Waals surface area (Å²) in [6.45, 7) is 4.20. The summed E-state index contributed by atoms with van der Waals surface area (Å²) in [5, 5.41) is 3.67. The molecule has 0 aliphatic heterocycles. The number of benzene rings is 1. The molecule has 114 valence electrons. The van der Waals surface area contributed by atoms with Gasteiger partial charge < -0.3 is 10.6 Å². The number of aryl methyl sites for hydroxylation is 2. The van der Waals surface area contributed by atoms with Crippen LogP contribution in [0.4, 0.5) is 5.69 Å². The molecular formula is C16H19N5O. The predicted octanol–water partition coefficient (Wildman–Crippen LogP) is 2.44. The highest BCUT2D eigenvalue weighted by atomic mass is 16.5. The van der Waals surface area contributed by atoms with E-state index in [0.29, 0.717) is 11.7 Å². The molecule has 0 spiro atoms. The maximum atomic E-state index is 5.45. The molecule has 0 bridgehead atoms. The zero-order chi connectivity index (χ0) is 15.8. The van der Waals surface area contributed by atoms with E-state index in [-0.39, 0.29) is 6.61 Å². The lowest BCUT2D eigenvalue weighted by Crippen LogP contribution is -2.16. The minimum Gasteiger partial charge on any atom is -0.457 e. The fourth-order valence-corrected chi connectivity index (χ4v) is 1.70. The van der Waals surface area contributed by atoms with E-state index in [1.54, 1.807) is 18.6 Å². The van der Waals surface area contributed by atoms with Gasteiger partial charge in [0, 0.05) is 12.4 Å². The first-order valence-corrected chi connectivity index (χ1v) is 7.03. The van der Waals surface area contributed by atoms with Gasteiger partial charge in [-0.2, -0.15) is 5.10 Å². The highest BCUT2D eigenvalue weighted by Gasteiger charge is 2.02. The first-order valence-electron chi connectivity index (χ1n) is 7.03. The minimum atomic E-state index is 0.164. The normalized spacial score (nSPS) is 11.8. The number of aliphatic imine (C=N–C) groups is 1. The zero-order valence-electron chi connectivity index (χ0n) is 12.7. The quantitative estimate of drug-likeness (QED) is 0.504. The summed E-state index contributed by atoms with van der Waals surface area (Å²) in [4.78, 5) is 12.6. The predicted molar refractivity (Wildman–Crippen MR) is 87.9 cm³/mol. The van der Waals surface area contributed by atoms with Crippen LogP contribution in [0, 0.1) is 6.92 Å². The Morgan fingerprint density at radius 3 is 2.64 bits per heavy atom. The number of hydrazone groups is 1. The van der Waals surface area contributed by atoms with Crippen LogP contribution in [-0.2, 0) is 6.42 Å². The molecule has 22 heavy (non-hydrogen) atoms. The summed E-state index contributed by atoms with van der Waals surface area (Å²) in [5.74, 6) is 5.36. The van der Waals surface area contributed by atoms with E-state index in [1.807, 2.05) is 38.1 Å². The summed E-state index contributed by atoms with van der Waals surface area (Å²) < 4.78 is 5.45. The molecule has 1 aromatic carbocycles. The number of aromatic nitrogens is 2. The molecule has 0 aliphatic rings. The number of nitrogens with two attached hydrogens (primary N) is 1. The van der Waals surface area contributed by atoms with Gasteiger partial charge in [-0.3, -0.25) is 4.99 Å². The highest BCUT2D eigenvalue weighted by Crippen LogP contribution is 2.16. The molecule has 0 saturated carbocycles. The van der Waals surface area contributed by atoms with E-state index in [0.717, 1.165) is 23.2 Å². The highest BCUT2D eigenvalue weighted by molar-refractivity contribution is 6.31. The van der Waals surface area contributed by atoms with Crippen LogP contribution in [0.5, 0.6) is 6.01 Å². The fourth-order valence-electron chi connectivity index (χ4n) is 1.70. The van der Waals surface area contributed by atoms with E-state index in [2.05, 4.69) is 20.1 Å². The van der Waals surface area contributed by atoms with Gasteiger partial charge in [0.25, 0.3) is 0 Å².